The van der Waals surface area contributed by atoms with Crippen LogP contribution in [0.5, 0.6) is 0 Å². The lowest BCUT2D eigenvalue weighted by Gasteiger charge is -2.00. The van der Waals surface area contributed by atoms with E-state index >= 15 is 0 Å². The number of primary amides is 1. The van der Waals surface area contributed by atoms with Crippen LogP contribution in [0.25, 0.3) is 0 Å². The number of carbonyl (C=O) groups excluding carboxylic acids is 1. The van der Waals surface area contributed by atoms with E-state index in [1.54, 1.807) is 0 Å². The van der Waals surface area contributed by atoms with E-state index in [2.05, 4.69) is 10.7 Å². The van der Waals surface area contributed by atoms with Crippen molar-refractivity contribution in [1.82, 2.24) is 0 Å². The summed E-state index contributed by atoms with van der Waals surface area (Å²) in [5.41, 5.74) is 18.9. The van der Waals surface area contributed by atoms with Crippen molar-refractivity contribution >= 4 is 11.9 Å². The summed E-state index contributed by atoms with van der Waals surface area (Å²) in [7, 11) is 0. The predicted molar refractivity (Wildman–Crippen MR) is 44.3 cm³/mol. The van der Waals surface area contributed by atoms with Crippen LogP contribution in [0, 0.1) is 0 Å². The Morgan fingerprint density at radius 3 is 2.42 bits per heavy atom. The summed E-state index contributed by atoms with van der Waals surface area (Å²) in [5.74, 6) is -0.186. The molecule has 0 saturated heterocycles. The molecule has 0 fully saturated rings. The third kappa shape index (κ3) is 5.48. The smallest absolute Gasteiger partial charge is 0.338 e. The molecule has 0 rings (SSSR count). The first kappa shape index (κ1) is 10.7. The predicted octanol–water partition coefficient (Wildman–Crippen LogP) is -4.78. The molecular weight excluding hydrogens is 158 g/mol. The summed E-state index contributed by atoms with van der Waals surface area (Å²) in [6, 6.07) is -0.328. The molecule has 0 spiro atoms. The Labute approximate surface area is 71.0 Å². The third-order valence-electron chi connectivity index (χ3n) is 1.46. The number of quaternary nitrogens is 1. The molecule has 6 heteroatoms. The van der Waals surface area contributed by atoms with E-state index in [9.17, 15) is 4.79 Å². The van der Waals surface area contributed by atoms with Crippen LogP contribution < -0.4 is 27.9 Å². The standard InChI is InChI=1S/C6H15N5O/c7-4(5(8)12)2-1-3-11-6(9)10/h4H,1-3,7H2,(H2,8,12)(H4,9,10,11)/p+2/t4-/m1/s1. The van der Waals surface area contributed by atoms with Crippen LogP contribution in [0.1, 0.15) is 12.8 Å². The van der Waals surface area contributed by atoms with Crippen LogP contribution >= 0.6 is 0 Å². The summed E-state index contributed by atoms with van der Waals surface area (Å²) in [5, 5.41) is 0. The quantitative estimate of drug-likeness (QED) is 0.163. The highest BCUT2D eigenvalue weighted by Gasteiger charge is 2.11. The first-order valence-corrected chi connectivity index (χ1v) is 3.78. The third-order valence-corrected chi connectivity index (χ3v) is 1.46. The molecule has 1 atom stereocenters. The lowest BCUT2D eigenvalue weighted by atomic mass is 10.1. The molecule has 0 heterocycles. The molecule has 0 aliphatic heterocycles. The molecule has 0 aliphatic rings. The van der Waals surface area contributed by atoms with Crippen molar-refractivity contribution in [3.8, 4) is 0 Å². The van der Waals surface area contributed by atoms with Gasteiger partial charge in [-0.2, -0.15) is 0 Å². The fourth-order valence-electron chi connectivity index (χ4n) is 0.723. The molecule has 0 aromatic heterocycles. The number of rotatable bonds is 5. The lowest BCUT2D eigenvalue weighted by molar-refractivity contribution is -0.463. The van der Waals surface area contributed by atoms with Gasteiger partial charge in [-0.1, -0.05) is 0 Å². The second-order valence-electron chi connectivity index (χ2n) is 2.62. The normalized spacial score (nSPS) is 12.1. The summed E-state index contributed by atoms with van der Waals surface area (Å²) in [6.45, 7) is 0.641. The van der Waals surface area contributed by atoms with Crippen LogP contribution in [0.2, 0.25) is 0 Å². The Morgan fingerprint density at radius 2 is 2.00 bits per heavy atom. The van der Waals surface area contributed by atoms with E-state index < -0.39 is 0 Å². The van der Waals surface area contributed by atoms with E-state index in [4.69, 9.17) is 17.2 Å². The molecule has 1 amide bonds. The molecule has 0 aliphatic carbocycles. The number of carbonyl (C=O) groups is 1. The number of hydrogen-bond acceptors (Lipinski definition) is 1. The minimum atomic E-state index is -0.375. The van der Waals surface area contributed by atoms with Gasteiger partial charge >= 0.3 is 5.96 Å². The minimum Gasteiger partial charge on any atom is -0.365 e. The van der Waals surface area contributed by atoms with Crippen molar-refractivity contribution in [1.29, 1.82) is 0 Å². The van der Waals surface area contributed by atoms with Crippen molar-refractivity contribution in [3.63, 3.8) is 0 Å². The van der Waals surface area contributed by atoms with E-state index in [1.165, 1.54) is 0 Å². The Kier molecular flexibility index (Phi) is 4.78. The van der Waals surface area contributed by atoms with Gasteiger partial charge in [0.2, 0.25) is 0 Å². The van der Waals surface area contributed by atoms with Gasteiger partial charge < -0.3 is 11.5 Å². The molecule has 12 heavy (non-hydrogen) atoms. The van der Waals surface area contributed by atoms with E-state index in [0.29, 0.717) is 13.0 Å². The highest BCUT2D eigenvalue weighted by molar-refractivity contribution is 5.78. The number of guanidine groups is 1. The second-order valence-corrected chi connectivity index (χ2v) is 2.62. The fraction of sp³-hybridized carbons (Fsp3) is 0.667. The minimum absolute atomic E-state index is 0.190. The van der Waals surface area contributed by atoms with Crippen molar-refractivity contribution < 1.29 is 15.5 Å². The van der Waals surface area contributed by atoms with Gasteiger partial charge in [-0.25, -0.2) is 0 Å². The summed E-state index contributed by atoms with van der Waals surface area (Å²) < 4.78 is 0. The first-order chi connectivity index (χ1) is 5.54. The van der Waals surface area contributed by atoms with Crippen LogP contribution in [-0.2, 0) is 4.79 Å². The van der Waals surface area contributed by atoms with E-state index in [-0.39, 0.29) is 17.9 Å². The van der Waals surface area contributed by atoms with Gasteiger partial charge in [-0.3, -0.25) is 21.3 Å². The highest BCUT2D eigenvalue weighted by atomic mass is 16.1. The monoisotopic (exact) mass is 175 g/mol. The number of amides is 1. The van der Waals surface area contributed by atoms with Gasteiger partial charge in [0.1, 0.15) is 0 Å². The van der Waals surface area contributed by atoms with Crippen LogP contribution in [0.15, 0.2) is 0 Å². The molecule has 0 saturated carbocycles. The molecular formula is C6H17N5O+2. The maximum absolute atomic E-state index is 10.5. The lowest BCUT2D eigenvalue weighted by Crippen LogP contribution is -2.78. The fourth-order valence-corrected chi connectivity index (χ4v) is 0.723. The van der Waals surface area contributed by atoms with Gasteiger partial charge in [0, 0.05) is 6.42 Å². The second kappa shape index (κ2) is 5.36. The Morgan fingerprint density at radius 1 is 1.42 bits per heavy atom. The molecule has 0 aromatic rings. The van der Waals surface area contributed by atoms with Crippen molar-refractivity contribution in [2.75, 3.05) is 6.54 Å². The van der Waals surface area contributed by atoms with E-state index in [1.807, 2.05) is 0 Å². The van der Waals surface area contributed by atoms with Gasteiger partial charge in [-0.05, 0) is 6.42 Å². The Balaban J connectivity index is 3.44. The zero-order valence-electron chi connectivity index (χ0n) is 7.05. The molecule has 0 radical (unpaired) electrons. The largest absolute Gasteiger partial charge is 0.365 e. The van der Waals surface area contributed by atoms with Crippen LogP contribution in [0.4, 0.5) is 0 Å². The first-order valence-electron chi connectivity index (χ1n) is 3.78. The van der Waals surface area contributed by atoms with E-state index in [0.717, 1.165) is 6.42 Å². The highest BCUT2D eigenvalue weighted by Crippen LogP contribution is 1.87. The maximum Gasteiger partial charge on any atom is 0.338 e. The molecule has 10 N–H and O–H groups in total. The Bertz CT molecular complexity index is 175. The van der Waals surface area contributed by atoms with Crippen molar-refractivity contribution in [3.05, 3.63) is 0 Å². The number of nitrogens with one attached hydrogen (secondary N) is 1. The number of nitrogens with two attached hydrogens (primary N) is 3. The van der Waals surface area contributed by atoms with Gasteiger partial charge in [0.15, 0.2) is 6.04 Å². The molecule has 0 unspecified atom stereocenters. The maximum atomic E-state index is 10.5. The van der Waals surface area contributed by atoms with Crippen LogP contribution in [0.3, 0.4) is 0 Å². The zero-order valence-corrected chi connectivity index (χ0v) is 7.05. The average molecular weight is 175 g/mol. The van der Waals surface area contributed by atoms with Gasteiger partial charge in [0.25, 0.3) is 5.91 Å². The molecule has 70 valence electrons. The van der Waals surface area contributed by atoms with Crippen molar-refractivity contribution in [2.24, 2.45) is 17.2 Å². The molecule has 0 bridgehead atoms. The van der Waals surface area contributed by atoms with Gasteiger partial charge in [0.05, 0.1) is 6.54 Å². The summed E-state index contributed by atoms with van der Waals surface area (Å²) in [4.78, 5) is 13.2. The topological polar surface area (TPSA) is 137 Å². The molecule has 0 aromatic carbocycles. The SMILES string of the molecule is NC(=O)[C@H]([NH3+])CCC[NH+]=C(N)N. The summed E-state index contributed by atoms with van der Waals surface area (Å²) in [6.07, 6.45) is 1.42. The van der Waals surface area contributed by atoms with Crippen molar-refractivity contribution in [2.45, 2.75) is 18.9 Å². The molecule has 6 nitrogen and oxygen atoms in total. The zero-order chi connectivity index (χ0) is 9.56. The van der Waals surface area contributed by atoms with Gasteiger partial charge in [-0.15, -0.1) is 0 Å². The number of hydrogen-bond donors (Lipinski definition) is 5. The Hall–Kier alpha value is -1.30. The average Bonchev–Trinajstić information content (AvgIpc) is 1.97. The summed E-state index contributed by atoms with van der Waals surface area (Å²) >= 11 is 0. The van der Waals surface area contributed by atoms with Crippen LogP contribution in [-0.4, -0.2) is 24.5 Å².